The highest BCUT2D eigenvalue weighted by Crippen LogP contribution is 2.34. The van der Waals surface area contributed by atoms with Crippen LogP contribution < -0.4 is 5.32 Å². The Labute approximate surface area is 140 Å². The van der Waals surface area contributed by atoms with E-state index in [2.05, 4.69) is 5.32 Å². The van der Waals surface area contributed by atoms with Crippen molar-refractivity contribution < 1.29 is 27.7 Å². The van der Waals surface area contributed by atoms with E-state index in [0.29, 0.717) is 6.42 Å². The van der Waals surface area contributed by atoms with Gasteiger partial charge in [-0.2, -0.15) is 0 Å². The van der Waals surface area contributed by atoms with Crippen molar-refractivity contribution in [2.45, 2.75) is 58.8 Å². The quantitative estimate of drug-likeness (QED) is 0.674. The minimum atomic E-state index is -3.00. The van der Waals surface area contributed by atoms with Gasteiger partial charge in [-0.3, -0.25) is 9.59 Å². The van der Waals surface area contributed by atoms with E-state index in [9.17, 15) is 14.4 Å². The zero-order chi connectivity index (χ0) is 21.9. The molecule has 124 valence electrons. The van der Waals surface area contributed by atoms with Gasteiger partial charge in [0.15, 0.2) is 0 Å². The van der Waals surface area contributed by atoms with E-state index >= 15 is 0 Å². The molecule has 0 aliphatic heterocycles. The van der Waals surface area contributed by atoms with Gasteiger partial charge in [0.05, 0.1) is 1.37 Å². The van der Waals surface area contributed by atoms with Crippen LogP contribution in [-0.2, 0) is 14.4 Å². The van der Waals surface area contributed by atoms with Crippen LogP contribution in [0.2, 0.25) is 0 Å². The van der Waals surface area contributed by atoms with Crippen LogP contribution in [-0.4, -0.2) is 28.8 Å². The van der Waals surface area contributed by atoms with E-state index < -0.39 is 43.1 Å². The minimum absolute atomic E-state index is 0.0300. The fourth-order valence-electron chi connectivity index (χ4n) is 2.77. The Morgan fingerprint density at radius 1 is 1.59 bits per heavy atom. The van der Waals surface area contributed by atoms with Crippen LogP contribution in [0.4, 0.5) is 0 Å². The van der Waals surface area contributed by atoms with Crippen LogP contribution in [0.5, 0.6) is 0 Å². The van der Waals surface area contributed by atoms with Gasteiger partial charge in [0.2, 0.25) is 5.91 Å². The van der Waals surface area contributed by atoms with Crippen molar-refractivity contribution in [2.24, 2.45) is 17.8 Å². The Balaban J connectivity index is 2.82. The second-order valence-electron chi connectivity index (χ2n) is 5.91. The number of Topliss-reactive ketones (excluding diaryl/α,β-unsaturated/α-hetero) is 1. The molecule has 1 aliphatic carbocycles. The molecule has 1 saturated carbocycles. The number of carbonyl (C=O) groups is 3. The number of allylic oxidation sites excluding steroid dienone is 2. The summed E-state index contributed by atoms with van der Waals surface area (Å²) in [6.45, 7) is 0.336. The fourth-order valence-corrected chi connectivity index (χ4v) is 2.77. The van der Waals surface area contributed by atoms with Gasteiger partial charge in [-0.25, -0.2) is 4.79 Å². The Morgan fingerprint density at radius 2 is 2.32 bits per heavy atom. The molecule has 1 rings (SSSR count). The number of carboxylic acids is 1. The van der Waals surface area contributed by atoms with E-state index in [1.807, 2.05) is 0 Å². The first-order chi connectivity index (χ1) is 12.7. The first kappa shape index (κ1) is 11.0. The van der Waals surface area contributed by atoms with Gasteiger partial charge >= 0.3 is 5.97 Å². The third kappa shape index (κ3) is 5.28. The number of hydrogen-bond acceptors (Lipinski definition) is 3. The van der Waals surface area contributed by atoms with Gasteiger partial charge in [0.1, 0.15) is 11.8 Å². The first-order valence-corrected chi connectivity index (χ1v) is 7.40. The van der Waals surface area contributed by atoms with Crippen LogP contribution in [0, 0.1) is 17.8 Å². The third-order valence-corrected chi connectivity index (χ3v) is 3.99. The lowest BCUT2D eigenvalue weighted by atomic mass is 9.89. The van der Waals surface area contributed by atoms with E-state index in [1.165, 1.54) is 0 Å². The van der Waals surface area contributed by atoms with Crippen LogP contribution in [0.3, 0.4) is 0 Å². The molecule has 0 aromatic heterocycles. The van der Waals surface area contributed by atoms with E-state index in [4.69, 9.17) is 13.3 Å². The van der Waals surface area contributed by atoms with E-state index in [0.717, 1.165) is 6.08 Å². The summed E-state index contributed by atoms with van der Waals surface area (Å²) >= 11 is 0. The number of carbonyl (C=O) groups excluding carboxylic acids is 2. The van der Waals surface area contributed by atoms with Crippen molar-refractivity contribution in [2.75, 3.05) is 0 Å². The molecule has 0 saturated heterocycles. The highest BCUT2D eigenvalue weighted by atomic mass is 16.4. The van der Waals surface area contributed by atoms with Crippen LogP contribution >= 0.6 is 0 Å². The van der Waals surface area contributed by atoms with Crippen LogP contribution in [0.25, 0.3) is 0 Å². The number of nitrogens with one attached hydrogen (secondary N) is 1. The molecule has 0 heterocycles. The molecule has 0 radical (unpaired) electrons. The van der Waals surface area contributed by atoms with Gasteiger partial charge < -0.3 is 10.4 Å². The highest BCUT2D eigenvalue weighted by molar-refractivity contribution is 5.87. The molecule has 0 bridgehead atoms. The zero-order valence-corrected chi connectivity index (χ0v) is 12.9. The number of rotatable bonds is 8. The normalized spacial score (nSPS) is 28.9. The number of aliphatic carboxylic acids is 1. The monoisotopic (exact) mass is 315 g/mol. The Kier molecular flexibility index (Phi) is 4.34. The van der Waals surface area contributed by atoms with Crippen molar-refractivity contribution in [3.8, 4) is 0 Å². The number of ketones is 1. The molecule has 0 aromatic rings. The predicted octanol–water partition coefficient (Wildman–Crippen LogP) is 2.55. The summed E-state index contributed by atoms with van der Waals surface area (Å²) in [5.74, 6) is -3.05. The number of amides is 1. The van der Waals surface area contributed by atoms with Gasteiger partial charge in [0, 0.05) is 25.6 Å². The average molecular weight is 315 g/mol. The Hall–Kier alpha value is -1.65. The number of carboxylic acid groups (broad SMARTS) is 1. The maximum atomic E-state index is 12.2. The largest absolute Gasteiger partial charge is 0.480 e. The van der Waals surface area contributed by atoms with E-state index in [1.54, 1.807) is 13.8 Å². The molecule has 1 fully saturated rings. The highest BCUT2D eigenvalue weighted by Gasteiger charge is 2.35. The molecule has 5 nitrogen and oxygen atoms in total. The van der Waals surface area contributed by atoms with Crippen molar-refractivity contribution in [3.63, 3.8) is 0 Å². The maximum absolute atomic E-state index is 12.2. The molecule has 1 amide bonds. The lowest BCUT2D eigenvalue weighted by Gasteiger charge is -2.21. The van der Waals surface area contributed by atoms with Crippen LogP contribution in [0.15, 0.2) is 12.1 Å². The second kappa shape index (κ2) is 8.71. The molecular formula is C17H27NO4. The minimum Gasteiger partial charge on any atom is -0.480 e. The molecule has 0 aromatic carbocycles. The maximum Gasteiger partial charge on any atom is 0.326 e. The second-order valence-corrected chi connectivity index (χ2v) is 5.91. The van der Waals surface area contributed by atoms with E-state index in [-0.39, 0.29) is 36.9 Å². The SMILES string of the molecule is [2H]/C(=C\C[C@@H]1C(=O)CC[C@H]1CC(=O)N[C@H](C(=O)O)C(C)C)C([2H])([2H])C([2H])([2H])[2H]. The van der Waals surface area contributed by atoms with Gasteiger partial charge in [-0.05, 0) is 31.1 Å². The Morgan fingerprint density at radius 3 is 2.91 bits per heavy atom. The fraction of sp³-hybridized carbons (Fsp3) is 0.706. The molecule has 1 aliphatic rings. The van der Waals surface area contributed by atoms with Gasteiger partial charge in [-0.1, -0.05) is 32.8 Å². The average Bonchev–Trinajstić information content (AvgIpc) is 2.88. The Bertz CT molecular complexity index is 644. The summed E-state index contributed by atoms with van der Waals surface area (Å²) in [7, 11) is 0. The van der Waals surface area contributed by atoms with Crippen LogP contribution in [0.1, 0.15) is 61.0 Å². The lowest BCUT2D eigenvalue weighted by molar-refractivity contribution is -0.143. The van der Waals surface area contributed by atoms with Crippen molar-refractivity contribution in [1.29, 1.82) is 0 Å². The summed E-state index contributed by atoms with van der Waals surface area (Å²) in [4.78, 5) is 35.6. The summed E-state index contributed by atoms with van der Waals surface area (Å²) < 4.78 is 44.4. The molecule has 2 N–H and O–H groups in total. The van der Waals surface area contributed by atoms with Gasteiger partial charge in [0.25, 0.3) is 0 Å². The summed E-state index contributed by atoms with van der Waals surface area (Å²) in [6, 6.07) is -1.75. The number of hydrogen-bond donors (Lipinski definition) is 2. The summed E-state index contributed by atoms with van der Waals surface area (Å²) in [5.41, 5.74) is 0. The lowest BCUT2D eigenvalue weighted by Crippen LogP contribution is -2.45. The standard InChI is InChI=1S/C17H27NO4/c1-4-5-6-7-13-12(8-9-14(13)19)10-15(20)18-16(11(2)3)17(21)22/h5-6,11-13,16H,4,7-10H2,1-3H3,(H,18,20)(H,21,22)/b6-5+/t12-,13-,16-/m0/s1/i1D3,4D2,5D. The van der Waals surface area contributed by atoms with Gasteiger partial charge in [-0.15, -0.1) is 0 Å². The molecular weight excluding hydrogens is 282 g/mol. The predicted molar refractivity (Wildman–Crippen MR) is 84.3 cm³/mol. The molecule has 5 heteroatoms. The molecule has 3 atom stereocenters. The summed E-state index contributed by atoms with van der Waals surface area (Å²) in [6.07, 6.45) is -1.14. The topological polar surface area (TPSA) is 83.5 Å². The summed E-state index contributed by atoms with van der Waals surface area (Å²) in [5, 5.41) is 11.6. The zero-order valence-electron chi connectivity index (χ0n) is 18.9. The molecule has 0 spiro atoms. The van der Waals surface area contributed by atoms with Crippen molar-refractivity contribution in [1.82, 2.24) is 5.32 Å². The molecule has 0 unspecified atom stereocenters. The third-order valence-electron chi connectivity index (χ3n) is 3.99. The smallest absolute Gasteiger partial charge is 0.326 e. The van der Waals surface area contributed by atoms with Crippen molar-refractivity contribution in [3.05, 3.63) is 12.1 Å². The first-order valence-electron chi connectivity index (χ1n) is 10.4. The van der Waals surface area contributed by atoms with Crippen molar-refractivity contribution >= 4 is 17.7 Å². The molecule has 22 heavy (non-hydrogen) atoms.